The Morgan fingerprint density at radius 2 is 2.13 bits per heavy atom. The van der Waals surface area contributed by atoms with Gasteiger partial charge in [-0.05, 0) is 24.1 Å². The fourth-order valence-electron chi connectivity index (χ4n) is 1.58. The predicted octanol–water partition coefficient (Wildman–Crippen LogP) is 4.56. The van der Waals surface area contributed by atoms with Crippen molar-refractivity contribution in [3.8, 4) is 5.75 Å². The van der Waals surface area contributed by atoms with Crippen LogP contribution in [0.1, 0.15) is 43.5 Å². The Balaban J connectivity index is 2.52. The van der Waals surface area contributed by atoms with Crippen molar-refractivity contribution in [3.63, 3.8) is 0 Å². The van der Waals surface area contributed by atoms with E-state index in [0.29, 0.717) is 0 Å². The van der Waals surface area contributed by atoms with Crippen LogP contribution in [0.5, 0.6) is 5.75 Å². The summed E-state index contributed by atoms with van der Waals surface area (Å²) in [5.41, 5.74) is 1.16. The molecule has 1 rings (SSSR count). The summed E-state index contributed by atoms with van der Waals surface area (Å²) in [4.78, 5) is 0. The van der Waals surface area contributed by atoms with Gasteiger partial charge in [-0.25, -0.2) is 0 Å². The lowest BCUT2D eigenvalue weighted by atomic mass is 10.1. The summed E-state index contributed by atoms with van der Waals surface area (Å²) in [6.45, 7) is 2.20. The highest BCUT2D eigenvalue weighted by Crippen LogP contribution is 2.28. The molecule has 0 saturated carbocycles. The molecule has 0 spiro atoms. The highest BCUT2D eigenvalue weighted by molar-refractivity contribution is 6.20. The van der Waals surface area contributed by atoms with Gasteiger partial charge in [-0.1, -0.05) is 38.3 Å². The summed E-state index contributed by atoms with van der Waals surface area (Å²) < 4.78 is 5.17. The van der Waals surface area contributed by atoms with Crippen molar-refractivity contribution in [2.24, 2.45) is 0 Å². The Kier molecular flexibility index (Phi) is 5.56. The molecule has 1 nitrogen and oxygen atoms in total. The molecule has 0 saturated heterocycles. The van der Waals surface area contributed by atoms with Crippen LogP contribution in [0.3, 0.4) is 0 Å². The molecule has 0 bridgehead atoms. The Morgan fingerprint density at radius 1 is 1.33 bits per heavy atom. The molecule has 0 N–H and O–H groups in total. The second-order valence-corrected chi connectivity index (χ2v) is 4.27. The highest BCUT2D eigenvalue weighted by atomic mass is 35.5. The van der Waals surface area contributed by atoms with Crippen LogP contribution in [0, 0.1) is 0 Å². The van der Waals surface area contributed by atoms with Crippen molar-refractivity contribution < 1.29 is 4.74 Å². The van der Waals surface area contributed by atoms with Crippen molar-refractivity contribution in [1.29, 1.82) is 0 Å². The smallest absolute Gasteiger partial charge is 0.119 e. The minimum atomic E-state index is 0.117. The number of benzene rings is 1. The first kappa shape index (κ1) is 12.4. The van der Waals surface area contributed by atoms with Crippen LogP contribution in [0.4, 0.5) is 0 Å². The van der Waals surface area contributed by atoms with Crippen LogP contribution in [-0.2, 0) is 0 Å². The monoisotopic (exact) mass is 226 g/mol. The van der Waals surface area contributed by atoms with Crippen molar-refractivity contribution >= 4 is 11.6 Å². The van der Waals surface area contributed by atoms with E-state index in [4.69, 9.17) is 16.3 Å². The topological polar surface area (TPSA) is 9.23 Å². The van der Waals surface area contributed by atoms with Crippen molar-refractivity contribution in [3.05, 3.63) is 29.8 Å². The Bertz CT molecular complexity index is 286. The lowest BCUT2D eigenvalue weighted by Gasteiger charge is -2.10. The minimum absolute atomic E-state index is 0.117. The quantitative estimate of drug-likeness (QED) is 0.511. The third kappa shape index (κ3) is 4.13. The van der Waals surface area contributed by atoms with E-state index in [1.165, 1.54) is 19.3 Å². The molecule has 2 heteroatoms. The first-order chi connectivity index (χ1) is 7.27. The first-order valence-electron chi connectivity index (χ1n) is 5.56. The molecule has 1 atom stereocenters. The van der Waals surface area contributed by atoms with Gasteiger partial charge < -0.3 is 4.74 Å². The van der Waals surface area contributed by atoms with E-state index in [2.05, 4.69) is 13.0 Å². The van der Waals surface area contributed by atoms with Gasteiger partial charge >= 0.3 is 0 Å². The summed E-state index contributed by atoms with van der Waals surface area (Å²) in [7, 11) is 1.68. The molecule has 0 unspecified atom stereocenters. The molecule has 0 fully saturated rings. The Labute approximate surface area is 97.4 Å². The van der Waals surface area contributed by atoms with Crippen LogP contribution in [0.2, 0.25) is 0 Å². The summed E-state index contributed by atoms with van der Waals surface area (Å²) >= 11 is 6.32. The SMILES string of the molecule is CCCCC[C@@H](Cl)c1cccc(OC)c1. The third-order valence-corrected chi connectivity index (χ3v) is 2.99. The van der Waals surface area contributed by atoms with Gasteiger partial charge in [0.15, 0.2) is 0 Å². The molecular formula is C13H19ClO. The van der Waals surface area contributed by atoms with Crippen LogP contribution in [0.25, 0.3) is 0 Å². The van der Waals surface area contributed by atoms with Gasteiger partial charge in [0.25, 0.3) is 0 Å². The Hall–Kier alpha value is -0.690. The summed E-state index contributed by atoms with van der Waals surface area (Å²) in [5, 5.41) is 0.117. The molecule has 15 heavy (non-hydrogen) atoms. The molecule has 0 aromatic heterocycles. The molecule has 0 radical (unpaired) electrons. The average Bonchev–Trinajstić information content (AvgIpc) is 2.29. The lowest BCUT2D eigenvalue weighted by Crippen LogP contribution is -1.92. The van der Waals surface area contributed by atoms with Gasteiger partial charge in [-0.2, -0.15) is 0 Å². The molecule has 1 aromatic rings. The largest absolute Gasteiger partial charge is 0.497 e. The number of alkyl halides is 1. The van der Waals surface area contributed by atoms with E-state index in [1.807, 2.05) is 18.2 Å². The number of hydrogen-bond donors (Lipinski definition) is 0. The van der Waals surface area contributed by atoms with E-state index in [0.717, 1.165) is 17.7 Å². The number of rotatable bonds is 6. The highest BCUT2D eigenvalue weighted by Gasteiger charge is 2.07. The molecular weight excluding hydrogens is 208 g/mol. The van der Waals surface area contributed by atoms with E-state index >= 15 is 0 Å². The van der Waals surface area contributed by atoms with Crippen LogP contribution in [0.15, 0.2) is 24.3 Å². The molecule has 1 aromatic carbocycles. The molecule has 0 aliphatic carbocycles. The van der Waals surface area contributed by atoms with Gasteiger partial charge in [0.2, 0.25) is 0 Å². The molecule has 0 heterocycles. The number of ether oxygens (including phenoxy) is 1. The second-order valence-electron chi connectivity index (χ2n) is 3.74. The van der Waals surface area contributed by atoms with Gasteiger partial charge in [0, 0.05) is 0 Å². The van der Waals surface area contributed by atoms with Gasteiger partial charge in [0.1, 0.15) is 5.75 Å². The van der Waals surface area contributed by atoms with Crippen LogP contribution < -0.4 is 4.74 Å². The fraction of sp³-hybridized carbons (Fsp3) is 0.538. The minimum Gasteiger partial charge on any atom is -0.497 e. The van der Waals surface area contributed by atoms with E-state index < -0.39 is 0 Å². The fourth-order valence-corrected chi connectivity index (χ4v) is 1.87. The lowest BCUT2D eigenvalue weighted by molar-refractivity contribution is 0.414. The normalized spacial score (nSPS) is 12.5. The number of halogens is 1. The predicted molar refractivity (Wildman–Crippen MR) is 65.7 cm³/mol. The van der Waals surface area contributed by atoms with Crippen molar-refractivity contribution in [1.82, 2.24) is 0 Å². The molecule has 0 amide bonds. The van der Waals surface area contributed by atoms with E-state index in [9.17, 15) is 0 Å². The van der Waals surface area contributed by atoms with Gasteiger partial charge in [0.05, 0.1) is 12.5 Å². The number of unbranched alkanes of at least 4 members (excludes halogenated alkanes) is 2. The van der Waals surface area contributed by atoms with Crippen LogP contribution in [-0.4, -0.2) is 7.11 Å². The number of hydrogen-bond acceptors (Lipinski definition) is 1. The molecule has 84 valence electrons. The van der Waals surface area contributed by atoms with Gasteiger partial charge in [-0.3, -0.25) is 0 Å². The summed E-state index contributed by atoms with van der Waals surface area (Å²) in [6.07, 6.45) is 4.74. The van der Waals surface area contributed by atoms with Crippen molar-refractivity contribution in [2.75, 3.05) is 7.11 Å². The first-order valence-corrected chi connectivity index (χ1v) is 5.99. The zero-order valence-electron chi connectivity index (χ0n) is 9.50. The maximum Gasteiger partial charge on any atom is 0.119 e. The average molecular weight is 227 g/mol. The Morgan fingerprint density at radius 3 is 2.80 bits per heavy atom. The summed E-state index contributed by atoms with van der Waals surface area (Å²) in [6, 6.07) is 8.01. The standard InChI is InChI=1S/C13H19ClO/c1-3-4-5-9-13(14)11-7-6-8-12(10-11)15-2/h6-8,10,13H,3-5,9H2,1-2H3/t13-/m1/s1. The van der Waals surface area contributed by atoms with E-state index in [-0.39, 0.29) is 5.38 Å². The zero-order chi connectivity index (χ0) is 11.1. The molecule has 0 aliphatic rings. The number of methoxy groups -OCH3 is 1. The van der Waals surface area contributed by atoms with Crippen LogP contribution >= 0.6 is 11.6 Å². The zero-order valence-corrected chi connectivity index (χ0v) is 10.3. The second kappa shape index (κ2) is 6.73. The van der Waals surface area contributed by atoms with Gasteiger partial charge in [-0.15, -0.1) is 11.6 Å². The third-order valence-electron chi connectivity index (χ3n) is 2.52. The van der Waals surface area contributed by atoms with Crippen molar-refractivity contribution in [2.45, 2.75) is 38.0 Å². The maximum atomic E-state index is 6.32. The maximum absolute atomic E-state index is 6.32. The molecule has 0 aliphatic heterocycles. The summed E-state index contributed by atoms with van der Waals surface area (Å²) in [5.74, 6) is 0.883. The van der Waals surface area contributed by atoms with E-state index in [1.54, 1.807) is 7.11 Å².